The van der Waals surface area contributed by atoms with Gasteiger partial charge in [-0.3, -0.25) is 0 Å². The molecule has 0 unspecified atom stereocenters. The predicted molar refractivity (Wildman–Crippen MR) is 77.2 cm³/mol. The number of aryl methyl sites for hydroxylation is 1. The van der Waals surface area contributed by atoms with E-state index in [1.807, 2.05) is 6.07 Å². The van der Waals surface area contributed by atoms with E-state index in [2.05, 4.69) is 6.92 Å². The highest BCUT2D eigenvalue weighted by Gasteiger charge is 2.14. The Balaban J connectivity index is 2.43. The van der Waals surface area contributed by atoms with Crippen LogP contribution in [0.4, 0.5) is 5.00 Å². The van der Waals surface area contributed by atoms with Gasteiger partial charge in [0.05, 0.1) is 12.2 Å². The van der Waals surface area contributed by atoms with E-state index in [0.717, 1.165) is 6.42 Å². The fourth-order valence-electron chi connectivity index (χ4n) is 1.85. The van der Waals surface area contributed by atoms with Crippen LogP contribution in [0.5, 0.6) is 0 Å². The first-order valence-corrected chi connectivity index (χ1v) is 7.56. The molecule has 1 rings (SSSR count). The zero-order valence-electron chi connectivity index (χ0n) is 11.3. The van der Waals surface area contributed by atoms with Gasteiger partial charge in [-0.15, -0.1) is 11.3 Å². The molecule has 2 N–H and O–H groups in total. The number of rotatable bonds is 8. The van der Waals surface area contributed by atoms with Crippen LogP contribution in [0.25, 0.3) is 0 Å². The normalized spacial score (nSPS) is 10.6. The number of nitrogen functional groups attached to an aromatic ring is 1. The summed E-state index contributed by atoms with van der Waals surface area (Å²) in [5.41, 5.74) is 6.37. The summed E-state index contributed by atoms with van der Waals surface area (Å²) in [6.07, 6.45) is 7.29. The molecular formula is C14H23NO2S. The lowest BCUT2D eigenvalue weighted by atomic mass is 10.1. The van der Waals surface area contributed by atoms with E-state index >= 15 is 0 Å². The second kappa shape index (κ2) is 8.14. The number of anilines is 1. The Morgan fingerprint density at radius 3 is 2.67 bits per heavy atom. The van der Waals surface area contributed by atoms with Crippen LogP contribution >= 0.6 is 11.3 Å². The summed E-state index contributed by atoms with van der Waals surface area (Å²) < 4.78 is 4.97. The van der Waals surface area contributed by atoms with Gasteiger partial charge >= 0.3 is 5.97 Å². The quantitative estimate of drug-likeness (QED) is 0.573. The Kier molecular flexibility index (Phi) is 6.80. The van der Waals surface area contributed by atoms with Crippen molar-refractivity contribution in [3.05, 3.63) is 16.5 Å². The summed E-state index contributed by atoms with van der Waals surface area (Å²) in [5, 5.41) is 0.581. The molecule has 4 heteroatoms. The van der Waals surface area contributed by atoms with E-state index in [-0.39, 0.29) is 5.97 Å². The molecule has 0 aliphatic carbocycles. The van der Waals surface area contributed by atoms with Gasteiger partial charge in [0.25, 0.3) is 0 Å². The molecule has 0 atom stereocenters. The van der Waals surface area contributed by atoms with Crippen molar-refractivity contribution < 1.29 is 9.53 Å². The van der Waals surface area contributed by atoms with Gasteiger partial charge in [-0.1, -0.05) is 32.6 Å². The molecule has 1 aromatic rings. The van der Waals surface area contributed by atoms with Gasteiger partial charge in [0.2, 0.25) is 0 Å². The summed E-state index contributed by atoms with van der Waals surface area (Å²) in [7, 11) is 0. The van der Waals surface area contributed by atoms with E-state index < -0.39 is 0 Å². The first-order chi connectivity index (χ1) is 8.69. The maximum absolute atomic E-state index is 11.6. The molecule has 0 amide bonds. The van der Waals surface area contributed by atoms with Crippen LogP contribution in [0.3, 0.4) is 0 Å². The predicted octanol–water partition coefficient (Wildman–Crippen LogP) is 4.02. The van der Waals surface area contributed by atoms with Crippen LogP contribution in [0.1, 0.15) is 61.2 Å². The van der Waals surface area contributed by atoms with Gasteiger partial charge in [-0.25, -0.2) is 4.79 Å². The second-order valence-corrected chi connectivity index (χ2v) is 5.54. The SMILES string of the molecule is CCCCCCCc1cc(C(=O)OCC)c(N)s1. The maximum Gasteiger partial charge on any atom is 0.341 e. The fourth-order valence-corrected chi connectivity index (χ4v) is 2.81. The van der Waals surface area contributed by atoms with Gasteiger partial charge in [0.15, 0.2) is 0 Å². The number of hydrogen-bond donors (Lipinski definition) is 1. The molecule has 18 heavy (non-hydrogen) atoms. The smallest absolute Gasteiger partial charge is 0.341 e. The molecule has 0 radical (unpaired) electrons. The average molecular weight is 269 g/mol. The number of nitrogens with two attached hydrogens (primary N) is 1. The zero-order chi connectivity index (χ0) is 13.4. The molecule has 1 heterocycles. The van der Waals surface area contributed by atoms with Gasteiger partial charge in [-0.05, 0) is 25.8 Å². The Morgan fingerprint density at radius 2 is 2.00 bits per heavy atom. The molecule has 0 saturated carbocycles. The highest BCUT2D eigenvalue weighted by atomic mass is 32.1. The van der Waals surface area contributed by atoms with Crippen LogP contribution < -0.4 is 5.73 Å². The Labute approximate surface area is 113 Å². The minimum absolute atomic E-state index is 0.302. The number of carbonyl (C=O) groups excluding carboxylic acids is 1. The van der Waals surface area contributed by atoms with Crippen molar-refractivity contribution >= 4 is 22.3 Å². The lowest BCUT2D eigenvalue weighted by Gasteiger charge is -1.99. The number of hydrogen-bond acceptors (Lipinski definition) is 4. The van der Waals surface area contributed by atoms with Crippen LogP contribution in [0.15, 0.2) is 6.07 Å². The molecule has 0 aliphatic heterocycles. The molecule has 0 aromatic carbocycles. The van der Waals surface area contributed by atoms with Crippen LogP contribution in [-0.4, -0.2) is 12.6 Å². The fraction of sp³-hybridized carbons (Fsp3) is 0.643. The molecule has 0 saturated heterocycles. The number of esters is 1. The minimum Gasteiger partial charge on any atom is -0.462 e. The summed E-state index contributed by atoms with van der Waals surface area (Å²) in [6, 6.07) is 1.89. The number of thiophene rings is 1. The van der Waals surface area contributed by atoms with Crippen LogP contribution in [0, 0.1) is 0 Å². The van der Waals surface area contributed by atoms with Crippen molar-refractivity contribution in [2.75, 3.05) is 12.3 Å². The Morgan fingerprint density at radius 1 is 1.28 bits per heavy atom. The highest BCUT2D eigenvalue weighted by Crippen LogP contribution is 2.27. The third kappa shape index (κ3) is 4.69. The first-order valence-electron chi connectivity index (χ1n) is 6.74. The number of carbonyl (C=O) groups is 1. The average Bonchev–Trinajstić information content (AvgIpc) is 2.71. The standard InChI is InChI=1S/C14H23NO2S/c1-3-5-6-7-8-9-11-10-12(13(15)18-11)14(16)17-4-2/h10H,3-9,15H2,1-2H3. The molecule has 0 spiro atoms. The third-order valence-corrected chi connectivity index (χ3v) is 3.86. The first kappa shape index (κ1) is 15.0. The lowest BCUT2D eigenvalue weighted by molar-refractivity contribution is 0.0528. The summed E-state index contributed by atoms with van der Waals surface area (Å²) in [5.74, 6) is -0.302. The van der Waals surface area contributed by atoms with Gasteiger partial charge in [0, 0.05) is 4.88 Å². The van der Waals surface area contributed by atoms with Crippen molar-refractivity contribution in [3.63, 3.8) is 0 Å². The van der Waals surface area contributed by atoms with Crippen LogP contribution in [-0.2, 0) is 11.2 Å². The molecule has 0 bridgehead atoms. The highest BCUT2D eigenvalue weighted by molar-refractivity contribution is 7.16. The van der Waals surface area contributed by atoms with Crippen molar-refractivity contribution in [1.29, 1.82) is 0 Å². The summed E-state index contributed by atoms with van der Waals surface area (Å²) >= 11 is 1.51. The van der Waals surface area contributed by atoms with E-state index in [0.29, 0.717) is 17.2 Å². The second-order valence-electron chi connectivity index (χ2n) is 4.38. The lowest BCUT2D eigenvalue weighted by Crippen LogP contribution is -2.05. The van der Waals surface area contributed by atoms with E-state index in [1.54, 1.807) is 6.92 Å². The topological polar surface area (TPSA) is 52.3 Å². The molecule has 0 aliphatic rings. The van der Waals surface area contributed by atoms with Crippen molar-refractivity contribution in [1.82, 2.24) is 0 Å². The zero-order valence-corrected chi connectivity index (χ0v) is 12.1. The van der Waals surface area contributed by atoms with Crippen LogP contribution in [0.2, 0.25) is 0 Å². The molecule has 102 valence electrons. The van der Waals surface area contributed by atoms with Gasteiger partial charge in [-0.2, -0.15) is 0 Å². The monoisotopic (exact) mass is 269 g/mol. The Hall–Kier alpha value is -1.03. The summed E-state index contributed by atoms with van der Waals surface area (Å²) in [6.45, 7) is 4.40. The van der Waals surface area contributed by atoms with Crippen molar-refractivity contribution in [2.45, 2.75) is 52.4 Å². The minimum atomic E-state index is -0.302. The molecule has 1 aromatic heterocycles. The Bertz CT molecular complexity index is 374. The largest absolute Gasteiger partial charge is 0.462 e. The molecular weight excluding hydrogens is 246 g/mol. The molecule has 3 nitrogen and oxygen atoms in total. The number of unbranched alkanes of at least 4 members (excludes halogenated alkanes) is 4. The van der Waals surface area contributed by atoms with Crippen molar-refractivity contribution in [3.8, 4) is 0 Å². The van der Waals surface area contributed by atoms with E-state index in [1.165, 1.54) is 48.3 Å². The third-order valence-electron chi connectivity index (χ3n) is 2.83. The maximum atomic E-state index is 11.6. The number of ether oxygens (including phenoxy) is 1. The van der Waals surface area contributed by atoms with E-state index in [4.69, 9.17) is 10.5 Å². The molecule has 0 fully saturated rings. The van der Waals surface area contributed by atoms with Crippen molar-refractivity contribution in [2.24, 2.45) is 0 Å². The van der Waals surface area contributed by atoms with Gasteiger partial charge in [0.1, 0.15) is 5.00 Å². The van der Waals surface area contributed by atoms with Gasteiger partial charge < -0.3 is 10.5 Å². The summed E-state index contributed by atoms with van der Waals surface area (Å²) in [4.78, 5) is 12.8. The van der Waals surface area contributed by atoms with E-state index in [9.17, 15) is 4.79 Å².